The van der Waals surface area contributed by atoms with E-state index in [1.807, 2.05) is 11.3 Å². The fraction of sp³-hybridized carbons (Fsp3) is 0.0943. The molecule has 0 amide bonds. The molecule has 260 valence electrons. The maximum atomic E-state index is 2.59. The highest BCUT2D eigenvalue weighted by Gasteiger charge is 2.49. The molecular weight excluding hydrogens is 683 g/mol. The van der Waals surface area contributed by atoms with Crippen molar-refractivity contribution in [3.63, 3.8) is 0 Å². The average Bonchev–Trinajstić information content (AvgIpc) is 3.82. The van der Waals surface area contributed by atoms with Crippen molar-refractivity contribution in [2.75, 3.05) is 4.90 Å². The summed E-state index contributed by atoms with van der Waals surface area (Å²) >= 11 is 1.88. The van der Waals surface area contributed by atoms with Crippen LogP contribution in [0, 0.1) is 0 Å². The van der Waals surface area contributed by atoms with Crippen LogP contribution in [0.1, 0.15) is 48.6 Å². The third kappa shape index (κ3) is 3.97. The van der Waals surface area contributed by atoms with Crippen molar-refractivity contribution >= 4 is 48.6 Å². The smallest absolute Gasteiger partial charge is 0.0540 e. The summed E-state index contributed by atoms with van der Waals surface area (Å²) in [7, 11) is 0. The summed E-state index contributed by atoms with van der Waals surface area (Å²) in [5.41, 5.74) is 20.6. The molecule has 2 heterocycles. The van der Waals surface area contributed by atoms with Gasteiger partial charge in [0.15, 0.2) is 0 Å². The number of rotatable bonds is 3. The maximum absolute atomic E-state index is 2.59. The highest BCUT2D eigenvalue weighted by Crippen LogP contribution is 2.65. The molecule has 1 atom stereocenters. The Hall–Kier alpha value is -6.22. The van der Waals surface area contributed by atoms with E-state index in [4.69, 9.17) is 0 Å². The topological polar surface area (TPSA) is 3.24 Å². The van der Waals surface area contributed by atoms with Gasteiger partial charge in [-0.3, -0.25) is 0 Å². The lowest BCUT2D eigenvalue weighted by molar-refractivity contribution is 0.660. The SMILES string of the molecule is CC1(C)c2ccccc2-c2c(-c3ccccc3N3c4cccc(-c5ccc6sc7ccccc7c6c5)c4C4(C)c5ccccc5-c5cccc3c54)cccc21. The molecule has 2 aliphatic carbocycles. The lowest BCUT2D eigenvalue weighted by atomic mass is 9.68. The molecule has 0 radical (unpaired) electrons. The molecule has 1 aromatic heterocycles. The Kier molecular flexibility index (Phi) is 6.20. The van der Waals surface area contributed by atoms with Crippen LogP contribution in [-0.2, 0) is 10.8 Å². The van der Waals surface area contributed by atoms with Gasteiger partial charge in [0, 0.05) is 36.6 Å². The van der Waals surface area contributed by atoms with Crippen molar-refractivity contribution in [3.05, 3.63) is 198 Å². The largest absolute Gasteiger partial charge is 0.309 e. The van der Waals surface area contributed by atoms with Crippen LogP contribution < -0.4 is 4.90 Å². The summed E-state index contributed by atoms with van der Waals surface area (Å²) in [6.07, 6.45) is 0. The van der Waals surface area contributed by atoms with E-state index in [-0.39, 0.29) is 10.8 Å². The molecule has 8 aromatic carbocycles. The Labute approximate surface area is 325 Å². The third-order valence-corrected chi connectivity index (χ3v) is 14.2. The molecule has 1 unspecified atom stereocenters. The first-order valence-electron chi connectivity index (χ1n) is 19.4. The van der Waals surface area contributed by atoms with Crippen LogP contribution in [0.15, 0.2) is 170 Å². The molecule has 9 aromatic rings. The van der Waals surface area contributed by atoms with Crippen molar-refractivity contribution in [3.8, 4) is 44.5 Å². The summed E-state index contributed by atoms with van der Waals surface area (Å²) in [6, 6.07) is 64.1. The first kappa shape index (κ1) is 31.2. The zero-order valence-electron chi connectivity index (χ0n) is 31.0. The van der Waals surface area contributed by atoms with Gasteiger partial charge in [0.05, 0.1) is 17.1 Å². The molecule has 0 N–H and O–H groups in total. The standard InChI is InChI=1S/C53H37NS/c1-52(2)41-22-8-5-18-39(41)49-37(20-12-24-43(49)52)35-16-6-10-25-44(35)54-45-26-13-19-33(32-29-30-48-40(31-32)36-17-7-11-28-47(36)55-48)50(45)53(3)42-23-9-4-15-34(42)38-21-14-27-46(54)51(38)53/h4-31H,1-3H3. The predicted octanol–water partition coefficient (Wildman–Crippen LogP) is 14.8. The fourth-order valence-corrected chi connectivity index (χ4v) is 11.8. The lowest BCUT2D eigenvalue weighted by Gasteiger charge is -2.44. The molecule has 55 heavy (non-hydrogen) atoms. The van der Waals surface area contributed by atoms with Gasteiger partial charge < -0.3 is 4.90 Å². The Bertz CT molecular complexity index is 3110. The predicted molar refractivity (Wildman–Crippen MR) is 233 cm³/mol. The van der Waals surface area contributed by atoms with Gasteiger partial charge in [-0.1, -0.05) is 147 Å². The number of para-hydroxylation sites is 1. The number of thiophene rings is 1. The van der Waals surface area contributed by atoms with Gasteiger partial charge in [-0.05, 0) is 110 Å². The monoisotopic (exact) mass is 719 g/mol. The molecular formula is C53H37NS. The van der Waals surface area contributed by atoms with Crippen molar-refractivity contribution in [1.82, 2.24) is 0 Å². The highest BCUT2D eigenvalue weighted by molar-refractivity contribution is 7.25. The number of anilines is 3. The quantitative estimate of drug-likeness (QED) is 0.176. The summed E-state index contributed by atoms with van der Waals surface area (Å²) in [5.74, 6) is 0. The lowest BCUT2D eigenvalue weighted by Crippen LogP contribution is -2.33. The average molecular weight is 720 g/mol. The van der Waals surface area contributed by atoms with E-state index in [9.17, 15) is 0 Å². The molecule has 0 bridgehead atoms. The van der Waals surface area contributed by atoms with Gasteiger partial charge >= 0.3 is 0 Å². The van der Waals surface area contributed by atoms with Gasteiger partial charge in [0.25, 0.3) is 0 Å². The number of hydrogen-bond donors (Lipinski definition) is 0. The van der Waals surface area contributed by atoms with Crippen molar-refractivity contribution < 1.29 is 0 Å². The molecule has 3 aliphatic rings. The first-order valence-corrected chi connectivity index (χ1v) is 20.2. The minimum absolute atomic E-state index is 0.0772. The number of nitrogens with zero attached hydrogens (tertiary/aromatic N) is 1. The van der Waals surface area contributed by atoms with Crippen LogP contribution in [0.25, 0.3) is 64.7 Å². The maximum Gasteiger partial charge on any atom is 0.0540 e. The van der Waals surface area contributed by atoms with Gasteiger partial charge in [-0.15, -0.1) is 11.3 Å². The van der Waals surface area contributed by atoms with Gasteiger partial charge in [0.1, 0.15) is 0 Å². The first-order chi connectivity index (χ1) is 26.9. The summed E-state index contributed by atoms with van der Waals surface area (Å²) in [5, 5.41) is 2.66. The van der Waals surface area contributed by atoms with Crippen LogP contribution in [0.2, 0.25) is 0 Å². The van der Waals surface area contributed by atoms with Gasteiger partial charge in [0.2, 0.25) is 0 Å². The highest BCUT2D eigenvalue weighted by atomic mass is 32.1. The normalized spacial score (nSPS) is 16.8. The van der Waals surface area contributed by atoms with Crippen molar-refractivity contribution in [2.45, 2.75) is 31.6 Å². The Morgan fingerprint density at radius 3 is 1.80 bits per heavy atom. The van der Waals surface area contributed by atoms with Crippen molar-refractivity contribution in [1.29, 1.82) is 0 Å². The summed E-state index contributed by atoms with van der Waals surface area (Å²) in [4.78, 5) is 2.59. The zero-order chi connectivity index (χ0) is 36.6. The summed E-state index contributed by atoms with van der Waals surface area (Å²) in [6.45, 7) is 7.23. The van der Waals surface area contributed by atoms with Crippen LogP contribution in [0.5, 0.6) is 0 Å². The second kappa shape index (κ2) is 10.9. The molecule has 2 heteroatoms. The minimum Gasteiger partial charge on any atom is -0.309 e. The second-order valence-corrected chi connectivity index (χ2v) is 17.2. The van der Waals surface area contributed by atoms with E-state index in [1.54, 1.807) is 0 Å². The van der Waals surface area contributed by atoms with Crippen LogP contribution in [-0.4, -0.2) is 0 Å². The van der Waals surface area contributed by atoms with E-state index in [2.05, 4.69) is 196 Å². The van der Waals surface area contributed by atoms with E-state index < -0.39 is 0 Å². The molecule has 0 spiro atoms. The second-order valence-electron chi connectivity index (χ2n) is 16.1. The van der Waals surface area contributed by atoms with E-state index in [1.165, 1.54) is 110 Å². The number of hydrogen-bond acceptors (Lipinski definition) is 2. The molecule has 0 saturated carbocycles. The van der Waals surface area contributed by atoms with Gasteiger partial charge in [-0.25, -0.2) is 0 Å². The molecule has 0 fully saturated rings. The number of fused-ring (bicyclic) bond motifs is 11. The Morgan fingerprint density at radius 2 is 0.964 bits per heavy atom. The Morgan fingerprint density at radius 1 is 0.400 bits per heavy atom. The fourth-order valence-electron chi connectivity index (χ4n) is 10.7. The van der Waals surface area contributed by atoms with Crippen LogP contribution in [0.4, 0.5) is 17.1 Å². The molecule has 1 aliphatic heterocycles. The zero-order valence-corrected chi connectivity index (χ0v) is 31.8. The van der Waals surface area contributed by atoms with Crippen LogP contribution in [0.3, 0.4) is 0 Å². The van der Waals surface area contributed by atoms with Crippen LogP contribution >= 0.6 is 11.3 Å². The Balaban J connectivity index is 1.16. The molecule has 1 nitrogen and oxygen atoms in total. The minimum atomic E-state index is -0.359. The van der Waals surface area contributed by atoms with Crippen molar-refractivity contribution in [2.24, 2.45) is 0 Å². The summed E-state index contributed by atoms with van der Waals surface area (Å²) < 4.78 is 2.66. The number of benzene rings is 8. The van der Waals surface area contributed by atoms with Gasteiger partial charge in [-0.2, -0.15) is 0 Å². The van der Waals surface area contributed by atoms with E-state index >= 15 is 0 Å². The molecule has 12 rings (SSSR count). The molecule has 0 saturated heterocycles. The van der Waals surface area contributed by atoms with E-state index in [0.717, 1.165) is 0 Å². The third-order valence-electron chi connectivity index (χ3n) is 13.1. The van der Waals surface area contributed by atoms with E-state index in [0.29, 0.717) is 0 Å².